The van der Waals surface area contributed by atoms with Crippen molar-refractivity contribution in [3.8, 4) is 0 Å². The molecule has 0 radical (unpaired) electrons. The Labute approximate surface area is 162 Å². The first-order chi connectivity index (χ1) is 11.4. The van der Waals surface area contributed by atoms with Crippen LogP contribution < -0.4 is 5.32 Å². The van der Waals surface area contributed by atoms with Crippen molar-refractivity contribution < 1.29 is 8.42 Å². The number of benzene rings is 1. The first-order valence-corrected chi connectivity index (χ1v) is 10.8. The number of piperazine rings is 1. The largest absolute Gasteiger partial charge is 0.317 e. The summed E-state index contributed by atoms with van der Waals surface area (Å²) in [5.41, 5.74) is 1.21. The third-order valence-corrected chi connectivity index (χ3v) is 6.64. The summed E-state index contributed by atoms with van der Waals surface area (Å²) in [5, 5.41) is 4.14. The van der Waals surface area contributed by atoms with Gasteiger partial charge in [-0.15, -0.1) is 12.4 Å². The summed E-state index contributed by atoms with van der Waals surface area (Å²) in [6.45, 7) is 4.08. The molecule has 0 amide bonds. The van der Waals surface area contributed by atoms with E-state index in [1.165, 1.54) is 11.8 Å². The minimum atomic E-state index is -3.14. The molecular weight excluding hydrogens is 381 g/mol. The Kier molecular flexibility index (Phi) is 7.55. The standard InChI is InChI=1S/C17H26ClN3O2S.ClH/c1-24(22,23)20-10-11-21(16-6-8-19-9-7-16)17(13-20)12-14-2-4-15(18)5-3-14;/h2-5,16-17,19H,6-13H2,1H3;1H. The van der Waals surface area contributed by atoms with E-state index >= 15 is 0 Å². The van der Waals surface area contributed by atoms with Crippen molar-refractivity contribution in [1.82, 2.24) is 14.5 Å². The van der Waals surface area contributed by atoms with Gasteiger partial charge < -0.3 is 5.32 Å². The van der Waals surface area contributed by atoms with Crippen LogP contribution in [0, 0.1) is 0 Å². The first kappa shape index (κ1) is 20.9. The number of hydrogen-bond donors (Lipinski definition) is 1. The van der Waals surface area contributed by atoms with Crippen LogP contribution >= 0.6 is 24.0 Å². The van der Waals surface area contributed by atoms with Gasteiger partial charge in [-0.1, -0.05) is 23.7 Å². The smallest absolute Gasteiger partial charge is 0.211 e. The maximum Gasteiger partial charge on any atom is 0.211 e. The van der Waals surface area contributed by atoms with Crippen LogP contribution in [0.5, 0.6) is 0 Å². The van der Waals surface area contributed by atoms with Gasteiger partial charge in [0, 0.05) is 36.7 Å². The maximum absolute atomic E-state index is 12.0. The third kappa shape index (κ3) is 5.55. The fourth-order valence-corrected chi connectivity index (χ4v) is 4.82. The van der Waals surface area contributed by atoms with E-state index in [-0.39, 0.29) is 18.4 Å². The Morgan fingerprint density at radius 2 is 1.80 bits per heavy atom. The highest BCUT2D eigenvalue weighted by molar-refractivity contribution is 7.88. The zero-order valence-corrected chi connectivity index (χ0v) is 16.9. The second-order valence-electron chi connectivity index (χ2n) is 6.82. The van der Waals surface area contributed by atoms with Crippen molar-refractivity contribution >= 4 is 34.0 Å². The molecule has 0 aliphatic carbocycles. The van der Waals surface area contributed by atoms with Gasteiger partial charge in [0.1, 0.15) is 0 Å². The predicted molar refractivity (Wildman–Crippen MR) is 105 cm³/mol. The molecule has 2 heterocycles. The van der Waals surface area contributed by atoms with Gasteiger partial charge in [-0.2, -0.15) is 4.31 Å². The van der Waals surface area contributed by atoms with Crippen molar-refractivity contribution in [2.45, 2.75) is 31.3 Å². The fraction of sp³-hybridized carbons (Fsp3) is 0.647. The Morgan fingerprint density at radius 3 is 2.40 bits per heavy atom. The molecule has 1 N–H and O–H groups in total. The van der Waals surface area contributed by atoms with Gasteiger partial charge in [-0.05, 0) is 50.0 Å². The molecule has 2 fully saturated rings. The van der Waals surface area contributed by atoms with E-state index in [9.17, 15) is 8.42 Å². The minimum Gasteiger partial charge on any atom is -0.317 e. The Bertz CT molecular complexity index is 648. The summed E-state index contributed by atoms with van der Waals surface area (Å²) in [4.78, 5) is 2.54. The van der Waals surface area contributed by atoms with Gasteiger partial charge in [-0.3, -0.25) is 4.90 Å². The average molecular weight is 408 g/mol. The predicted octanol–water partition coefficient (Wildman–Crippen LogP) is 2.00. The van der Waals surface area contributed by atoms with Crippen molar-refractivity contribution in [3.63, 3.8) is 0 Å². The van der Waals surface area contributed by atoms with Gasteiger partial charge in [0.2, 0.25) is 10.0 Å². The van der Waals surface area contributed by atoms with Crippen molar-refractivity contribution in [1.29, 1.82) is 0 Å². The lowest BCUT2D eigenvalue weighted by molar-refractivity contribution is 0.0587. The van der Waals surface area contributed by atoms with Gasteiger partial charge in [0.15, 0.2) is 0 Å². The summed E-state index contributed by atoms with van der Waals surface area (Å²) in [5.74, 6) is 0. The molecule has 1 atom stereocenters. The Morgan fingerprint density at radius 1 is 1.16 bits per heavy atom. The van der Waals surface area contributed by atoms with E-state index in [1.54, 1.807) is 4.31 Å². The van der Waals surface area contributed by atoms with E-state index in [0.29, 0.717) is 19.1 Å². The molecule has 1 unspecified atom stereocenters. The molecule has 1 aromatic carbocycles. The number of hydrogen-bond acceptors (Lipinski definition) is 4. The van der Waals surface area contributed by atoms with E-state index in [2.05, 4.69) is 10.2 Å². The molecule has 5 nitrogen and oxygen atoms in total. The molecule has 0 aromatic heterocycles. The van der Waals surface area contributed by atoms with Crippen LogP contribution in [0.3, 0.4) is 0 Å². The Balaban J connectivity index is 0.00000225. The van der Waals surface area contributed by atoms with Crippen LogP contribution in [0.25, 0.3) is 0 Å². The second kappa shape index (κ2) is 9.02. The molecule has 2 aliphatic rings. The summed E-state index contributed by atoms with van der Waals surface area (Å²) >= 11 is 5.98. The van der Waals surface area contributed by atoms with Crippen LogP contribution in [0.1, 0.15) is 18.4 Å². The lowest BCUT2D eigenvalue weighted by Gasteiger charge is -2.46. The summed E-state index contributed by atoms with van der Waals surface area (Å²) in [6, 6.07) is 8.67. The first-order valence-electron chi connectivity index (χ1n) is 8.59. The summed E-state index contributed by atoms with van der Waals surface area (Å²) in [6.07, 6.45) is 4.44. The lowest BCUT2D eigenvalue weighted by atomic mass is 9.97. The monoisotopic (exact) mass is 407 g/mol. The van der Waals surface area contributed by atoms with Crippen LogP contribution in [-0.4, -0.2) is 68.7 Å². The molecule has 2 saturated heterocycles. The van der Waals surface area contributed by atoms with Crippen molar-refractivity contribution in [3.05, 3.63) is 34.9 Å². The molecule has 25 heavy (non-hydrogen) atoms. The van der Waals surface area contributed by atoms with Gasteiger partial charge >= 0.3 is 0 Å². The second-order valence-corrected chi connectivity index (χ2v) is 9.24. The van der Waals surface area contributed by atoms with E-state index in [4.69, 9.17) is 11.6 Å². The normalized spacial score (nSPS) is 24.0. The molecule has 2 aliphatic heterocycles. The van der Waals surface area contributed by atoms with Gasteiger partial charge in [0.05, 0.1) is 6.26 Å². The zero-order valence-electron chi connectivity index (χ0n) is 14.5. The van der Waals surface area contributed by atoms with Crippen molar-refractivity contribution in [2.24, 2.45) is 0 Å². The number of rotatable bonds is 4. The van der Waals surface area contributed by atoms with Crippen LogP contribution in [0.4, 0.5) is 0 Å². The number of sulfonamides is 1. The number of halogens is 2. The summed E-state index contributed by atoms with van der Waals surface area (Å²) < 4.78 is 25.6. The highest BCUT2D eigenvalue weighted by atomic mass is 35.5. The van der Waals surface area contributed by atoms with Crippen LogP contribution in [0.2, 0.25) is 5.02 Å². The molecule has 0 saturated carbocycles. The molecular formula is C17H27Cl2N3O2S. The zero-order chi connectivity index (χ0) is 17.2. The third-order valence-electron chi connectivity index (χ3n) is 5.12. The molecule has 3 rings (SSSR count). The minimum absolute atomic E-state index is 0. The van der Waals surface area contributed by atoms with E-state index in [1.807, 2.05) is 24.3 Å². The number of nitrogens with zero attached hydrogens (tertiary/aromatic N) is 2. The molecule has 142 valence electrons. The Hall–Kier alpha value is -0.370. The number of piperidine rings is 1. The van der Waals surface area contributed by atoms with Crippen LogP contribution in [0.15, 0.2) is 24.3 Å². The van der Waals surface area contributed by atoms with Gasteiger partial charge in [-0.25, -0.2) is 8.42 Å². The molecule has 8 heteroatoms. The molecule has 1 aromatic rings. The quantitative estimate of drug-likeness (QED) is 0.828. The lowest BCUT2D eigenvalue weighted by Crippen LogP contribution is -2.59. The highest BCUT2D eigenvalue weighted by Gasteiger charge is 2.35. The topological polar surface area (TPSA) is 52.7 Å². The molecule has 0 bridgehead atoms. The number of nitrogens with one attached hydrogen (secondary N) is 1. The van der Waals surface area contributed by atoms with Crippen LogP contribution in [-0.2, 0) is 16.4 Å². The maximum atomic E-state index is 12.0. The fourth-order valence-electron chi connectivity index (χ4n) is 3.84. The van der Waals surface area contributed by atoms with Gasteiger partial charge in [0.25, 0.3) is 0 Å². The summed E-state index contributed by atoms with van der Waals surface area (Å²) in [7, 11) is -3.14. The average Bonchev–Trinajstić information content (AvgIpc) is 2.57. The van der Waals surface area contributed by atoms with E-state index in [0.717, 1.165) is 43.9 Å². The van der Waals surface area contributed by atoms with Crippen molar-refractivity contribution in [2.75, 3.05) is 39.0 Å². The highest BCUT2D eigenvalue weighted by Crippen LogP contribution is 2.23. The SMILES string of the molecule is CS(=O)(=O)N1CCN(C2CCNCC2)C(Cc2ccc(Cl)cc2)C1.Cl. The van der Waals surface area contributed by atoms with E-state index < -0.39 is 10.0 Å². The molecule has 0 spiro atoms.